The van der Waals surface area contributed by atoms with Crippen LogP contribution in [-0.2, 0) is 9.53 Å². The van der Waals surface area contributed by atoms with Crippen LogP contribution in [0.3, 0.4) is 0 Å². The molecule has 2 aromatic rings. The number of nitrogens with one attached hydrogen (secondary N) is 2. The Balaban J connectivity index is 2.46. The summed E-state index contributed by atoms with van der Waals surface area (Å²) >= 11 is 18.2. The van der Waals surface area contributed by atoms with Gasteiger partial charge in [0.25, 0.3) is 11.6 Å². The lowest BCUT2D eigenvalue weighted by Crippen LogP contribution is -2.68. The van der Waals surface area contributed by atoms with Crippen molar-refractivity contribution < 1.29 is 14.3 Å². The fourth-order valence-corrected chi connectivity index (χ4v) is 2.64. The third kappa shape index (κ3) is 4.38. The molecule has 6 nitrogen and oxygen atoms in total. The highest BCUT2D eigenvalue weighted by Crippen LogP contribution is 2.39. The van der Waals surface area contributed by atoms with Gasteiger partial charge in [-0.15, -0.1) is 0 Å². The second kappa shape index (κ2) is 8.12. The molecule has 0 bridgehead atoms. The molecular formula is C17H16Cl3N3O3. The molecular weight excluding hydrogens is 401 g/mol. The van der Waals surface area contributed by atoms with Crippen LogP contribution < -0.4 is 10.6 Å². The number of aryl methyl sites for hydroxylation is 1. The largest absolute Gasteiger partial charge is 0.466 e. The first-order chi connectivity index (χ1) is 12.2. The van der Waals surface area contributed by atoms with E-state index < -0.39 is 21.3 Å². The summed E-state index contributed by atoms with van der Waals surface area (Å²) in [5.74, 6) is -1.43. The smallest absolute Gasteiger partial charge is 0.357 e. The minimum Gasteiger partial charge on any atom is -0.466 e. The molecule has 0 spiro atoms. The Morgan fingerprint density at radius 2 is 1.73 bits per heavy atom. The Morgan fingerprint density at radius 1 is 1.08 bits per heavy atom. The van der Waals surface area contributed by atoms with E-state index in [2.05, 4.69) is 15.6 Å². The van der Waals surface area contributed by atoms with Crippen LogP contribution in [0.1, 0.15) is 15.9 Å². The second-order valence-electron chi connectivity index (χ2n) is 5.40. The Kier molecular flexibility index (Phi) is 6.34. The van der Waals surface area contributed by atoms with Crippen LogP contribution in [0.15, 0.2) is 48.7 Å². The predicted octanol–water partition coefficient (Wildman–Crippen LogP) is 3.47. The predicted molar refractivity (Wildman–Crippen MR) is 102 cm³/mol. The fraction of sp³-hybridized carbons (Fsp3) is 0.235. The molecule has 9 heteroatoms. The molecule has 26 heavy (non-hydrogen) atoms. The van der Waals surface area contributed by atoms with Crippen LogP contribution in [-0.4, -0.2) is 33.4 Å². The molecule has 1 atom stereocenters. The number of pyridine rings is 1. The van der Waals surface area contributed by atoms with Gasteiger partial charge < -0.3 is 15.4 Å². The Hall–Kier alpha value is -2.02. The maximum absolute atomic E-state index is 12.7. The number of anilines is 1. The van der Waals surface area contributed by atoms with E-state index in [1.54, 1.807) is 42.5 Å². The van der Waals surface area contributed by atoms with Gasteiger partial charge in [0, 0.05) is 11.8 Å². The Morgan fingerprint density at radius 3 is 2.23 bits per heavy atom. The number of rotatable bonds is 5. The number of amides is 1. The zero-order valence-corrected chi connectivity index (χ0v) is 16.2. The molecule has 1 unspecified atom stereocenters. The normalized spacial score (nSPS) is 13.4. The van der Waals surface area contributed by atoms with Crippen LogP contribution in [0, 0.1) is 6.92 Å². The summed E-state index contributed by atoms with van der Waals surface area (Å²) in [6.45, 7) is 1.88. The van der Waals surface area contributed by atoms with Gasteiger partial charge in [0.15, 0.2) is 0 Å². The summed E-state index contributed by atoms with van der Waals surface area (Å²) in [5.41, 5.74) is -0.961. The molecule has 0 saturated heterocycles. The molecule has 1 heterocycles. The van der Waals surface area contributed by atoms with Gasteiger partial charge in [-0.2, -0.15) is 0 Å². The van der Waals surface area contributed by atoms with Crippen molar-refractivity contribution in [2.45, 2.75) is 16.4 Å². The van der Waals surface area contributed by atoms with E-state index in [1.807, 2.05) is 6.92 Å². The maximum atomic E-state index is 12.7. The van der Waals surface area contributed by atoms with Gasteiger partial charge in [0.05, 0.1) is 7.11 Å². The summed E-state index contributed by atoms with van der Waals surface area (Å²) in [4.78, 5) is 29.2. The van der Waals surface area contributed by atoms with Gasteiger partial charge in [-0.25, -0.2) is 9.78 Å². The first kappa shape index (κ1) is 20.3. The first-order valence-electron chi connectivity index (χ1n) is 7.43. The molecule has 2 N–H and O–H groups in total. The van der Waals surface area contributed by atoms with Crippen LogP contribution in [0.25, 0.3) is 0 Å². The number of methoxy groups -OCH3 is 1. The Labute approximate surface area is 165 Å². The van der Waals surface area contributed by atoms with E-state index in [9.17, 15) is 9.59 Å². The molecule has 0 saturated carbocycles. The Bertz CT molecular complexity index is 779. The summed E-state index contributed by atoms with van der Waals surface area (Å²) in [5, 5.41) is 5.13. The molecule has 0 aliphatic carbocycles. The van der Waals surface area contributed by atoms with Crippen molar-refractivity contribution in [2.75, 3.05) is 12.4 Å². The van der Waals surface area contributed by atoms with Gasteiger partial charge in [-0.05, 0) is 31.2 Å². The second-order valence-corrected chi connectivity index (χ2v) is 7.68. The quantitative estimate of drug-likeness (QED) is 0.443. The SMILES string of the molecule is COC(=O)C(NC(=O)c1ccc(C)cc1)(Nc1ccccn1)C(Cl)(Cl)Cl. The number of esters is 1. The average molecular weight is 417 g/mol. The lowest BCUT2D eigenvalue weighted by Gasteiger charge is -2.38. The number of carbonyl (C=O) groups is 2. The number of alkyl halides is 3. The molecule has 1 aromatic heterocycles. The van der Waals surface area contributed by atoms with Crippen molar-refractivity contribution in [3.63, 3.8) is 0 Å². The fourth-order valence-electron chi connectivity index (χ4n) is 2.12. The molecule has 138 valence electrons. The number of hydrogen-bond donors (Lipinski definition) is 2. The lowest BCUT2D eigenvalue weighted by atomic mass is 10.1. The minimum atomic E-state index is -2.29. The molecule has 0 fully saturated rings. The van der Waals surface area contributed by atoms with E-state index in [4.69, 9.17) is 39.5 Å². The van der Waals surface area contributed by atoms with E-state index in [0.717, 1.165) is 12.7 Å². The molecule has 0 aliphatic heterocycles. The standard InChI is InChI=1S/C17H16Cl3N3O3/c1-11-6-8-12(9-7-11)14(24)23-16(15(25)26-2,17(18,19)20)22-13-5-3-4-10-21-13/h3-10H,1-2H3,(H,21,22)(H,23,24). The topological polar surface area (TPSA) is 80.3 Å². The molecule has 1 amide bonds. The highest BCUT2D eigenvalue weighted by molar-refractivity contribution is 6.69. The number of hydrogen-bond acceptors (Lipinski definition) is 5. The number of nitrogens with zero attached hydrogens (tertiary/aromatic N) is 1. The zero-order valence-electron chi connectivity index (χ0n) is 13.9. The highest BCUT2D eigenvalue weighted by atomic mass is 35.6. The zero-order chi connectivity index (χ0) is 19.4. The number of ether oxygens (including phenoxy) is 1. The van der Waals surface area contributed by atoms with Crippen molar-refractivity contribution in [1.29, 1.82) is 0 Å². The number of carbonyl (C=O) groups excluding carboxylic acids is 2. The minimum absolute atomic E-state index is 0.202. The molecule has 2 rings (SSSR count). The van der Waals surface area contributed by atoms with Crippen molar-refractivity contribution in [3.8, 4) is 0 Å². The van der Waals surface area contributed by atoms with Crippen LogP contribution in [0.5, 0.6) is 0 Å². The first-order valence-corrected chi connectivity index (χ1v) is 8.56. The summed E-state index contributed by atoms with van der Waals surface area (Å²) in [6, 6.07) is 11.6. The van der Waals surface area contributed by atoms with Crippen LogP contribution >= 0.6 is 34.8 Å². The van der Waals surface area contributed by atoms with Gasteiger partial charge in [-0.1, -0.05) is 58.6 Å². The van der Waals surface area contributed by atoms with Crippen LogP contribution in [0.2, 0.25) is 0 Å². The van der Waals surface area contributed by atoms with Gasteiger partial charge in [-0.3, -0.25) is 4.79 Å². The van der Waals surface area contributed by atoms with Gasteiger partial charge in [0.1, 0.15) is 5.82 Å². The maximum Gasteiger partial charge on any atom is 0.357 e. The highest BCUT2D eigenvalue weighted by Gasteiger charge is 2.58. The third-order valence-corrected chi connectivity index (χ3v) is 4.36. The summed E-state index contributed by atoms with van der Waals surface area (Å²) < 4.78 is 2.48. The van der Waals surface area contributed by atoms with E-state index >= 15 is 0 Å². The third-order valence-electron chi connectivity index (χ3n) is 3.51. The number of aromatic nitrogens is 1. The van der Waals surface area contributed by atoms with Crippen molar-refractivity contribution in [1.82, 2.24) is 10.3 Å². The van der Waals surface area contributed by atoms with Gasteiger partial charge >= 0.3 is 5.97 Å². The summed E-state index contributed by atoms with van der Waals surface area (Å²) in [6.07, 6.45) is 1.48. The van der Waals surface area contributed by atoms with Crippen molar-refractivity contribution >= 4 is 52.5 Å². The number of halogens is 3. The monoisotopic (exact) mass is 415 g/mol. The van der Waals surface area contributed by atoms with E-state index in [0.29, 0.717) is 0 Å². The average Bonchev–Trinajstić information content (AvgIpc) is 2.60. The molecule has 0 radical (unpaired) electrons. The van der Waals surface area contributed by atoms with Crippen LogP contribution in [0.4, 0.5) is 5.82 Å². The van der Waals surface area contributed by atoms with E-state index in [-0.39, 0.29) is 11.4 Å². The summed E-state index contributed by atoms with van der Waals surface area (Å²) in [7, 11) is 1.12. The van der Waals surface area contributed by atoms with E-state index in [1.165, 1.54) is 6.20 Å². The number of benzene rings is 1. The van der Waals surface area contributed by atoms with Crippen molar-refractivity contribution in [3.05, 3.63) is 59.8 Å². The molecule has 1 aromatic carbocycles. The lowest BCUT2D eigenvalue weighted by molar-refractivity contribution is -0.146. The van der Waals surface area contributed by atoms with Crippen molar-refractivity contribution in [2.24, 2.45) is 0 Å². The molecule has 0 aliphatic rings. The van der Waals surface area contributed by atoms with Gasteiger partial charge in [0.2, 0.25) is 3.79 Å².